The van der Waals surface area contributed by atoms with E-state index < -0.39 is 17.3 Å². The van der Waals surface area contributed by atoms with E-state index in [0.29, 0.717) is 0 Å². The third kappa shape index (κ3) is 3.21. The fourth-order valence-corrected chi connectivity index (χ4v) is 4.47. The van der Waals surface area contributed by atoms with Gasteiger partial charge in [0.25, 0.3) is 0 Å². The first-order chi connectivity index (χ1) is 7.98. The Kier molecular flexibility index (Phi) is 5.17. The number of carbonyl (C=O) groups is 1. The lowest BCUT2D eigenvalue weighted by atomic mass is 10.2. The first-order valence-corrected chi connectivity index (χ1v) is 8.64. The van der Waals surface area contributed by atoms with E-state index in [4.69, 9.17) is 28.3 Å². The third-order valence-electron chi connectivity index (χ3n) is 1.82. The normalized spacial score (nSPS) is 12.5. The maximum Gasteiger partial charge on any atom is 0.335 e. The summed E-state index contributed by atoms with van der Waals surface area (Å²) in [5.74, 6) is -1.26. The number of carboxylic acid groups (broad SMARTS) is 1. The molecule has 0 bridgehead atoms. The SMILES string of the molecule is O=C(O)c1cc(Cl)c(S(=O)(=O)C(Br)(Br)Br)c(Cl)c1. The molecule has 0 saturated carbocycles. The van der Waals surface area contributed by atoms with Crippen molar-refractivity contribution < 1.29 is 18.3 Å². The molecule has 1 rings (SSSR count). The van der Waals surface area contributed by atoms with Crippen molar-refractivity contribution in [3.63, 3.8) is 0 Å². The van der Waals surface area contributed by atoms with Crippen LogP contribution in [0.5, 0.6) is 0 Å². The molecule has 1 N–H and O–H groups in total. The highest BCUT2D eigenvalue weighted by molar-refractivity contribution is 9.42. The summed E-state index contributed by atoms with van der Waals surface area (Å²) in [5.41, 5.74) is -0.201. The van der Waals surface area contributed by atoms with Crippen molar-refractivity contribution in [3.05, 3.63) is 27.7 Å². The number of alkyl halides is 3. The number of halogens is 5. The number of rotatable bonds is 2. The molecule has 0 saturated heterocycles. The van der Waals surface area contributed by atoms with Crippen LogP contribution in [0.25, 0.3) is 0 Å². The van der Waals surface area contributed by atoms with Crippen molar-refractivity contribution in [1.29, 1.82) is 0 Å². The third-order valence-corrected chi connectivity index (χ3v) is 8.06. The van der Waals surface area contributed by atoms with Gasteiger partial charge in [0, 0.05) is 0 Å². The van der Waals surface area contributed by atoms with Crippen LogP contribution in [-0.4, -0.2) is 21.0 Å². The number of carboxylic acids is 1. The highest BCUT2D eigenvalue weighted by atomic mass is 80.0. The van der Waals surface area contributed by atoms with Gasteiger partial charge in [-0.05, 0) is 59.9 Å². The predicted molar refractivity (Wildman–Crippen MR) is 80.1 cm³/mol. The molecule has 0 aromatic heterocycles. The van der Waals surface area contributed by atoms with Crippen LogP contribution in [-0.2, 0) is 9.84 Å². The number of hydrogen-bond acceptors (Lipinski definition) is 3. The lowest BCUT2D eigenvalue weighted by Crippen LogP contribution is -2.19. The van der Waals surface area contributed by atoms with Gasteiger partial charge in [-0.1, -0.05) is 23.2 Å². The van der Waals surface area contributed by atoms with E-state index in [0.717, 1.165) is 12.1 Å². The highest BCUT2D eigenvalue weighted by Gasteiger charge is 2.40. The maximum atomic E-state index is 12.1. The second-order valence-electron chi connectivity index (χ2n) is 3.02. The van der Waals surface area contributed by atoms with Gasteiger partial charge in [0.1, 0.15) is 4.90 Å². The zero-order valence-corrected chi connectivity index (χ0v) is 15.2. The van der Waals surface area contributed by atoms with Crippen molar-refractivity contribution in [2.24, 2.45) is 0 Å². The van der Waals surface area contributed by atoms with E-state index in [1.807, 2.05) is 0 Å². The average Bonchev–Trinajstić information content (AvgIpc) is 2.13. The second kappa shape index (κ2) is 5.57. The summed E-state index contributed by atoms with van der Waals surface area (Å²) < 4.78 is 22.6. The molecule has 4 nitrogen and oxygen atoms in total. The number of benzene rings is 1. The zero-order chi connectivity index (χ0) is 14.3. The Balaban J connectivity index is 3.60. The van der Waals surface area contributed by atoms with Crippen molar-refractivity contribution in [2.75, 3.05) is 0 Å². The van der Waals surface area contributed by atoms with Crippen LogP contribution in [0.4, 0.5) is 0 Å². The predicted octanol–water partition coefficient (Wildman–Crippen LogP) is 4.26. The van der Waals surface area contributed by atoms with E-state index in [1.165, 1.54) is 0 Å². The molecule has 18 heavy (non-hydrogen) atoms. The van der Waals surface area contributed by atoms with Gasteiger partial charge >= 0.3 is 5.97 Å². The largest absolute Gasteiger partial charge is 0.478 e. The van der Waals surface area contributed by atoms with Gasteiger partial charge in [0.15, 0.2) is 0 Å². The van der Waals surface area contributed by atoms with E-state index in [2.05, 4.69) is 47.8 Å². The van der Waals surface area contributed by atoms with Crippen LogP contribution in [0.1, 0.15) is 10.4 Å². The minimum atomic E-state index is -3.99. The lowest BCUT2D eigenvalue weighted by Gasteiger charge is -2.16. The van der Waals surface area contributed by atoms with Gasteiger partial charge in [-0.25, -0.2) is 13.2 Å². The quantitative estimate of drug-likeness (QED) is 0.610. The molecular formula is C8H3Br3Cl2O4S. The summed E-state index contributed by atoms with van der Waals surface area (Å²) in [6.07, 6.45) is 0. The van der Waals surface area contributed by atoms with Crippen LogP contribution in [0.15, 0.2) is 17.0 Å². The Morgan fingerprint density at radius 1 is 1.17 bits per heavy atom. The second-order valence-corrected chi connectivity index (χ2v) is 14.2. The zero-order valence-electron chi connectivity index (χ0n) is 8.12. The number of hydrogen-bond donors (Lipinski definition) is 1. The molecule has 10 heteroatoms. The first kappa shape index (κ1) is 16.7. The smallest absolute Gasteiger partial charge is 0.335 e. The fourth-order valence-electron chi connectivity index (χ4n) is 1.06. The Bertz CT molecular complexity index is 586. The van der Waals surface area contributed by atoms with Gasteiger partial charge in [0.2, 0.25) is 11.3 Å². The summed E-state index contributed by atoms with van der Waals surface area (Å²) >= 11 is 20.2. The van der Waals surface area contributed by atoms with Crippen LogP contribution >= 0.6 is 71.0 Å². The van der Waals surface area contributed by atoms with Crippen molar-refractivity contribution in [3.8, 4) is 0 Å². The fraction of sp³-hybridized carbons (Fsp3) is 0.125. The van der Waals surface area contributed by atoms with Gasteiger partial charge in [-0.15, -0.1) is 0 Å². The molecule has 0 aliphatic carbocycles. The Labute approximate surface area is 138 Å². The summed E-state index contributed by atoms with van der Waals surface area (Å²) in [7, 11) is -3.99. The number of sulfone groups is 1. The van der Waals surface area contributed by atoms with Gasteiger partial charge in [-0.3, -0.25) is 0 Å². The molecule has 0 amide bonds. The minimum Gasteiger partial charge on any atom is -0.478 e. The van der Waals surface area contributed by atoms with E-state index in [1.54, 1.807) is 0 Å². The Morgan fingerprint density at radius 3 is 1.83 bits per heavy atom. The molecule has 0 atom stereocenters. The molecular weight excluding hydrogens is 503 g/mol. The van der Waals surface area contributed by atoms with E-state index in [9.17, 15) is 13.2 Å². The molecule has 1 aromatic carbocycles. The molecule has 0 aliphatic heterocycles. The van der Waals surface area contributed by atoms with Crippen LogP contribution in [0.3, 0.4) is 0 Å². The van der Waals surface area contributed by atoms with Crippen molar-refractivity contribution >= 4 is 86.8 Å². The maximum absolute atomic E-state index is 12.1. The Hall–Kier alpha value is 0.660. The molecule has 100 valence electrons. The van der Waals surface area contributed by atoms with E-state index >= 15 is 0 Å². The summed E-state index contributed by atoms with van der Waals surface area (Å²) in [5, 5.41) is 8.24. The number of aromatic carboxylic acids is 1. The topological polar surface area (TPSA) is 71.4 Å². The monoisotopic (exact) mass is 502 g/mol. The lowest BCUT2D eigenvalue weighted by molar-refractivity contribution is 0.0696. The van der Waals surface area contributed by atoms with E-state index in [-0.39, 0.29) is 20.5 Å². The Morgan fingerprint density at radius 2 is 1.56 bits per heavy atom. The molecule has 1 aromatic rings. The molecule has 0 aliphatic rings. The summed E-state index contributed by atoms with van der Waals surface area (Å²) in [4.78, 5) is 10.4. The molecule has 0 radical (unpaired) electrons. The summed E-state index contributed by atoms with van der Waals surface area (Å²) in [6.45, 7) is 0. The van der Waals surface area contributed by atoms with Crippen LogP contribution in [0, 0.1) is 0 Å². The van der Waals surface area contributed by atoms with Crippen LogP contribution in [0.2, 0.25) is 10.0 Å². The minimum absolute atomic E-state index is 0.201. The molecule has 0 fully saturated rings. The highest BCUT2D eigenvalue weighted by Crippen LogP contribution is 2.47. The van der Waals surface area contributed by atoms with Crippen molar-refractivity contribution in [1.82, 2.24) is 0 Å². The first-order valence-electron chi connectivity index (χ1n) is 4.02. The van der Waals surface area contributed by atoms with Crippen molar-refractivity contribution in [2.45, 2.75) is 6.37 Å². The molecule has 0 heterocycles. The summed E-state index contributed by atoms with van der Waals surface area (Å²) in [6, 6.07) is 2.03. The van der Waals surface area contributed by atoms with Gasteiger partial charge in [-0.2, -0.15) is 0 Å². The van der Waals surface area contributed by atoms with Crippen LogP contribution < -0.4 is 0 Å². The molecule has 0 spiro atoms. The average molecular weight is 506 g/mol. The molecule has 0 unspecified atom stereocenters. The van der Waals surface area contributed by atoms with Gasteiger partial charge in [0.05, 0.1) is 15.6 Å². The van der Waals surface area contributed by atoms with Gasteiger partial charge < -0.3 is 5.11 Å². The standard InChI is InChI=1S/C8H3Br3Cl2O4S/c9-8(10,11)18(16,17)6-4(12)1-3(7(14)15)2-5(6)13/h1-2H,(H,14,15).